The van der Waals surface area contributed by atoms with Gasteiger partial charge in [-0.3, -0.25) is 14.6 Å². The normalized spacial score (nSPS) is 22.3. The second kappa shape index (κ2) is 10.3. The van der Waals surface area contributed by atoms with Gasteiger partial charge in [0.05, 0.1) is 12.5 Å². The third-order valence-electron chi connectivity index (χ3n) is 6.28. The highest BCUT2D eigenvalue weighted by molar-refractivity contribution is 5.78. The van der Waals surface area contributed by atoms with Crippen molar-refractivity contribution in [3.63, 3.8) is 0 Å². The highest BCUT2D eigenvalue weighted by atomic mass is 19.1. The molecule has 1 amide bonds. The summed E-state index contributed by atoms with van der Waals surface area (Å²) in [4.78, 5) is 17.3. The van der Waals surface area contributed by atoms with Gasteiger partial charge in [0.25, 0.3) is 0 Å². The van der Waals surface area contributed by atoms with Crippen molar-refractivity contribution >= 4 is 5.91 Å². The van der Waals surface area contributed by atoms with Gasteiger partial charge in [-0.1, -0.05) is 12.1 Å². The molecule has 6 heteroatoms. The molecule has 2 aliphatic heterocycles. The lowest BCUT2D eigenvalue weighted by molar-refractivity contribution is -0.127. The van der Waals surface area contributed by atoms with E-state index in [1.54, 1.807) is 13.2 Å². The second-order valence-electron chi connectivity index (χ2n) is 8.15. The predicted octanol–water partition coefficient (Wildman–Crippen LogP) is 2.57. The molecule has 1 aromatic rings. The number of hydrogen-bond donors (Lipinski definition) is 1. The zero-order chi connectivity index (χ0) is 19.9. The number of hydrogen-bond acceptors (Lipinski definition) is 4. The van der Waals surface area contributed by atoms with E-state index >= 15 is 0 Å². The first-order valence-electron chi connectivity index (χ1n) is 10.6. The Morgan fingerprint density at radius 1 is 1.25 bits per heavy atom. The minimum atomic E-state index is -0.115. The number of piperidine rings is 2. The molecule has 3 rings (SSSR count). The minimum Gasteiger partial charge on any atom is -0.383 e. The van der Waals surface area contributed by atoms with E-state index in [9.17, 15) is 9.18 Å². The molecule has 1 aromatic carbocycles. The molecular weight excluding hydrogens is 357 g/mol. The van der Waals surface area contributed by atoms with Gasteiger partial charge < -0.3 is 10.1 Å². The first-order chi connectivity index (χ1) is 13.6. The average molecular weight is 392 g/mol. The Kier molecular flexibility index (Phi) is 7.82. The molecule has 2 saturated heterocycles. The number of likely N-dealkylation sites (tertiary alicyclic amines) is 2. The molecular formula is C22H34FN3O2. The average Bonchev–Trinajstić information content (AvgIpc) is 2.72. The van der Waals surface area contributed by atoms with Crippen LogP contribution in [0.3, 0.4) is 0 Å². The number of ether oxygens (including phenoxy) is 1. The van der Waals surface area contributed by atoms with E-state index in [0.29, 0.717) is 19.2 Å². The number of halogens is 1. The summed E-state index contributed by atoms with van der Waals surface area (Å²) in [6.07, 6.45) is 4.30. The van der Waals surface area contributed by atoms with Gasteiger partial charge in [0, 0.05) is 32.8 Å². The number of methoxy groups -OCH3 is 1. The zero-order valence-electron chi connectivity index (χ0n) is 17.3. The molecule has 2 fully saturated rings. The Labute approximate surface area is 168 Å². The van der Waals surface area contributed by atoms with E-state index in [1.165, 1.54) is 6.07 Å². The summed E-state index contributed by atoms with van der Waals surface area (Å²) in [5.74, 6) is 0.148. The Morgan fingerprint density at radius 2 is 2.04 bits per heavy atom. The third kappa shape index (κ3) is 5.52. The topological polar surface area (TPSA) is 44.8 Å². The maximum absolute atomic E-state index is 13.8. The fourth-order valence-corrected chi connectivity index (χ4v) is 4.48. The van der Waals surface area contributed by atoms with Gasteiger partial charge >= 0.3 is 0 Å². The number of nitrogens with one attached hydrogen (secondary N) is 1. The summed E-state index contributed by atoms with van der Waals surface area (Å²) in [6.45, 7) is 7.85. The first-order valence-corrected chi connectivity index (χ1v) is 10.6. The number of carbonyl (C=O) groups is 1. The van der Waals surface area contributed by atoms with Crippen molar-refractivity contribution in [3.05, 3.63) is 35.1 Å². The Bertz CT molecular complexity index is 647. The molecule has 0 radical (unpaired) electrons. The summed E-state index contributed by atoms with van der Waals surface area (Å²) in [5.41, 5.74) is 1.85. The Hall–Kier alpha value is -1.50. The second-order valence-corrected chi connectivity index (χ2v) is 8.15. The summed E-state index contributed by atoms with van der Waals surface area (Å²) >= 11 is 0. The Balaban J connectivity index is 1.46. The summed E-state index contributed by atoms with van der Waals surface area (Å²) < 4.78 is 18.8. The van der Waals surface area contributed by atoms with E-state index in [4.69, 9.17) is 4.74 Å². The lowest BCUT2D eigenvalue weighted by atomic mass is 9.93. The van der Waals surface area contributed by atoms with Crippen molar-refractivity contribution in [1.29, 1.82) is 0 Å². The molecule has 0 spiro atoms. The van der Waals surface area contributed by atoms with Gasteiger partial charge in [-0.2, -0.15) is 0 Å². The quantitative estimate of drug-likeness (QED) is 0.726. The summed E-state index contributed by atoms with van der Waals surface area (Å²) in [5, 5.41) is 2.99. The lowest BCUT2D eigenvalue weighted by Crippen LogP contribution is -2.50. The lowest BCUT2D eigenvalue weighted by Gasteiger charge is -2.42. The van der Waals surface area contributed by atoms with Crippen LogP contribution < -0.4 is 5.32 Å². The number of nitrogens with zero attached hydrogens (tertiary/aromatic N) is 2. The van der Waals surface area contributed by atoms with Crippen LogP contribution in [0, 0.1) is 18.7 Å². The molecule has 28 heavy (non-hydrogen) atoms. The van der Waals surface area contributed by atoms with E-state index < -0.39 is 0 Å². The molecule has 2 heterocycles. The largest absolute Gasteiger partial charge is 0.383 e. The molecule has 156 valence electrons. The molecule has 1 N–H and O–H groups in total. The van der Waals surface area contributed by atoms with Gasteiger partial charge in [0.2, 0.25) is 5.91 Å². The van der Waals surface area contributed by atoms with Crippen molar-refractivity contribution in [1.82, 2.24) is 15.1 Å². The fraction of sp³-hybridized carbons (Fsp3) is 0.682. The van der Waals surface area contributed by atoms with Crippen molar-refractivity contribution in [2.24, 2.45) is 5.92 Å². The maximum Gasteiger partial charge on any atom is 0.224 e. The van der Waals surface area contributed by atoms with Crippen LogP contribution in [0.4, 0.5) is 4.39 Å². The van der Waals surface area contributed by atoms with E-state index in [-0.39, 0.29) is 17.6 Å². The van der Waals surface area contributed by atoms with Gasteiger partial charge in [-0.05, 0) is 69.4 Å². The molecule has 1 unspecified atom stereocenters. The van der Waals surface area contributed by atoms with E-state index in [0.717, 1.165) is 69.5 Å². The number of rotatable bonds is 7. The van der Waals surface area contributed by atoms with Crippen molar-refractivity contribution < 1.29 is 13.9 Å². The highest BCUT2D eigenvalue weighted by Crippen LogP contribution is 2.25. The Morgan fingerprint density at radius 3 is 2.79 bits per heavy atom. The van der Waals surface area contributed by atoms with Crippen LogP contribution >= 0.6 is 0 Å². The first kappa shape index (κ1) is 21.2. The van der Waals surface area contributed by atoms with Crippen LogP contribution in [0.5, 0.6) is 0 Å². The molecule has 2 aliphatic rings. The summed E-state index contributed by atoms with van der Waals surface area (Å²) in [7, 11) is 1.65. The predicted molar refractivity (Wildman–Crippen MR) is 109 cm³/mol. The zero-order valence-corrected chi connectivity index (χ0v) is 17.3. The van der Waals surface area contributed by atoms with Crippen LogP contribution in [0.2, 0.25) is 0 Å². The van der Waals surface area contributed by atoms with Crippen LogP contribution in [0.25, 0.3) is 0 Å². The SMILES string of the molecule is COCCNC(=O)C1CCCN(C2CCN(Cc3cccc(F)c3C)CC2)C1. The van der Waals surface area contributed by atoms with Crippen molar-refractivity contribution in [2.45, 2.75) is 45.2 Å². The highest BCUT2D eigenvalue weighted by Gasteiger charge is 2.31. The number of benzene rings is 1. The maximum atomic E-state index is 13.8. The molecule has 0 aromatic heterocycles. The van der Waals surface area contributed by atoms with E-state index in [1.807, 2.05) is 13.0 Å². The van der Waals surface area contributed by atoms with Gasteiger partial charge in [-0.25, -0.2) is 4.39 Å². The van der Waals surface area contributed by atoms with Crippen LogP contribution in [0.15, 0.2) is 18.2 Å². The van der Waals surface area contributed by atoms with Crippen LogP contribution in [0.1, 0.15) is 36.8 Å². The van der Waals surface area contributed by atoms with Crippen molar-refractivity contribution in [2.75, 3.05) is 46.4 Å². The standard InChI is InChI=1S/C22H34FN3O2/c1-17-18(5-3-7-21(17)23)15-25-12-8-20(9-13-25)26-11-4-6-19(16-26)22(27)24-10-14-28-2/h3,5,7,19-20H,4,6,8-16H2,1-2H3,(H,24,27). The minimum absolute atomic E-state index is 0.0959. The van der Waals surface area contributed by atoms with Crippen molar-refractivity contribution in [3.8, 4) is 0 Å². The summed E-state index contributed by atoms with van der Waals surface area (Å²) in [6, 6.07) is 5.92. The molecule has 5 nitrogen and oxygen atoms in total. The molecule has 0 saturated carbocycles. The molecule has 1 atom stereocenters. The monoisotopic (exact) mass is 391 g/mol. The third-order valence-corrected chi connectivity index (χ3v) is 6.28. The van der Waals surface area contributed by atoms with Crippen LogP contribution in [-0.4, -0.2) is 68.2 Å². The van der Waals surface area contributed by atoms with Gasteiger partial charge in [0.1, 0.15) is 5.82 Å². The van der Waals surface area contributed by atoms with E-state index in [2.05, 4.69) is 15.1 Å². The van der Waals surface area contributed by atoms with Crippen LogP contribution in [-0.2, 0) is 16.1 Å². The number of carbonyl (C=O) groups excluding carboxylic acids is 1. The molecule has 0 aliphatic carbocycles. The number of amides is 1. The fourth-order valence-electron chi connectivity index (χ4n) is 4.48. The van der Waals surface area contributed by atoms with Gasteiger partial charge in [0.15, 0.2) is 0 Å². The molecule has 0 bridgehead atoms. The van der Waals surface area contributed by atoms with Gasteiger partial charge in [-0.15, -0.1) is 0 Å². The smallest absolute Gasteiger partial charge is 0.224 e.